The fraction of sp³-hybridized carbons (Fsp3) is 0.455. The van der Waals surface area contributed by atoms with E-state index in [1.165, 1.54) is 12.1 Å². The molecule has 7 heteroatoms. The average molecular weight is 365 g/mol. The molecule has 1 fully saturated rings. The van der Waals surface area contributed by atoms with E-state index in [-0.39, 0.29) is 15.3 Å². The third kappa shape index (κ3) is 2.41. The number of anilines is 1. The number of nitro groups is 1. The number of rotatable bonds is 3. The van der Waals surface area contributed by atoms with E-state index in [2.05, 4.69) is 0 Å². The molecule has 1 unspecified atom stereocenters. The predicted molar refractivity (Wildman–Crippen MR) is 75.2 cm³/mol. The monoisotopic (exact) mass is 365 g/mol. The summed E-state index contributed by atoms with van der Waals surface area (Å²) in [5, 5.41) is 11.1. The number of nitrogens with two attached hydrogens (primary N) is 1. The van der Waals surface area contributed by atoms with E-state index in [4.69, 9.17) is 5.73 Å². The molecular weight excluding hydrogens is 352 g/mol. The van der Waals surface area contributed by atoms with Crippen molar-refractivity contribution in [1.29, 1.82) is 0 Å². The van der Waals surface area contributed by atoms with Gasteiger partial charge in [0.25, 0.3) is 5.69 Å². The molecule has 0 amide bonds. The fourth-order valence-corrected chi connectivity index (χ4v) is 2.75. The van der Waals surface area contributed by atoms with Crippen LogP contribution in [0.4, 0.5) is 15.8 Å². The highest BCUT2D eigenvalue weighted by Crippen LogP contribution is 2.35. The van der Waals surface area contributed by atoms with Crippen LogP contribution in [0.5, 0.6) is 0 Å². The molecule has 0 aromatic heterocycles. The molecule has 1 saturated heterocycles. The van der Waals surface area contributed by atoms with Crippen molar-refractivity contribution >= 4 is 34.0 Å². The third-order valence-electron chi connectivity index (χ3n) is 3.17. The highest BCUT2D eigenvalue weighted by molar-refractivity contribution is 14.1. The normalized spacial score (nSPS) is 19.3. The van der Waals surface area contributed by atoms with Crippen molar-refractivity contribution in [3.05, 3.63) is 31.6 Å². The third-order valence-corrected chi connectivity index (χ3v) is 4.00. The molecule has 0 saturated carbocycles. The van der Waals surface area contributed by atoms with Crippen LogP contribution in [0.15, 0.2) is 12.1 Å². The first-order valence-electron chi connectivity index (χ1n) is 5.64. The molecule has 1 heterocycles. The number of hydrogen-bond acceptors (Lipinski definition) is 4. The maximum Gasteiger partial charge on any atom is 0.293 e. The van der Waals surface area contributed by atoms with E-state index < -0.39 is 10.7 Å². The van der Waals surface area contributed by atoms with Gasteiger partial charge in [-0.15, -0.1) is 0 Å². The summed E-state index contributed by atoms with van der Waals surface area (Å²) in [5.41, 5.74) is 5.93. The summed E-state index contributed by atoms with van der Waals surface area (Å²) >= 11 is 1.76. The Morgan fingerprint density at radius 2 is 2.33 bits per heavy atom. The highest BCUT2D eigenvalue weighted by atomic mass is 127. The van der Waals surface area contributed by atoms with Gasteiger partial charge in [0.05, 0.1) is 8.49 Å². The fourth-order valence-electron chi connectivity index (χ4n) is 2.30. The van der Waals surface area contributed by atoms with E-state index in [9.17, 15) is 14.5 Å². The van der Waals surface area contributed by atoms with Crippen LogP contribution in [-0.4, -0.2) is 24.1 Å². The summed E-state index contributed by atoms with van der Waals surface area (Å²) in [6.07, 6.45) is 1.81. The van der Waals surface area contributed by atoms with Gasteiger partial charge in [-0.2, -0.15) is 0 Å². The van der Waals surface area contributed by atoms with Gasteiger partial charge < -0.3 is 10.6 Å². The van der Waals surface area contributed by atoms with Crippen molar-refractivity contribution in [2.24, 2.45) is 5.73 Å². The van der Waals surface area contributed by atoms with E-state index in [1.54, 1.807) is 22.6 Å². The topological polar surface area (TPSA) is 72.4 Å². The molecule has 98 valence electrons. The molecule has 2 rings (SSSR count). The zero-order valence-electron chi connectivity index (χ0n) is 9.60. The molecule has 18 heavy (non-hydrogen) atoms. The smallest absolute Gasteiger partial charge is 0.293 e. The molecule has 1 aliphatic rings. The lowest BCUT2D eigenvalue weighted by Crippen LogP contribution is -2.35. The van der Waals surface area contributed by atoms with Crippen LogP contribution in [0.2, 0.25) is 0 Å². The van der Waals surface area contributed by atoms with Crippen molar-refractivity contribution in [3.63, 3.8) is 0 Å². The van der Waals surface area contributed by atoms with E-state index in [0.717, 1.165) is 12.8 Å². The van der Waals surface area contributed by atoms with Gasteiger partial charge in [0.2, 0.25) is 0 Å². The van der Waals surface area contributed by atoms with E-state index in [0.29, 0.717) is 18.8 Å². The molecule has 1 aromatic rings. The van der Waals surface area contributed by atoms with Gasteiger partial charge in [0, 0.05) is 31.3 Å². The predicted octanol–water partition coefficient (Wildman–Crippen LogP) is 2.27. The lowest BCUT2D eigenvalue weighted by molar-refractivity contribution is -0.384. The Kier molecular flexibility index (Phi) is 4.00. The molecule has 0 aliphatic carbocycles. The van der Waals surface area contributed by atoms with E-state index in [1.807, 2.05) is 4.90 Å². The zero-order chi connectivity index (χ0) is 13.3. The van der Waals surface area contributed by atoms with Crippen LogP contribution < -0.4 is 10.6 Å². The summed E-state index contributed by atoms with van der Waals surface area (Å²) in [5.74, 6) is -0.432. The van der Waals surface area contributed by atoms with Gasteiger partial charge in [-0.3, -0.25) is 10.1 Å². The van der Waals surface area contributed by atoms with Crippen molar-refractivity contribution in [1.82, 2.24) is 0 Å². The van der Waals surface area contributed by atoms with Crippen LogP contribution in [-0.2, 0) is 0 Å². The second-order valence-corrected chi connectivity index (χ2v) is 5.40. The van der Waals surface area contributed by atoms with Gasteiger partial charge >= 0.3 is 0 Å². The quantitative estimate of drug-likeness (QED) is 0.507. The first kappa shape index (κ1) is 13.5. The van der Waals surface area contributed by atoms with Crippen molar-refractivity contribution < 1.29 is 9.31 Å². The molecule has 0 bridgehead atoms. The zero-order valence-corrected chi connectivity index (χ0v) is 11.8. The number of nitrogens with zero attached hydrogens (tertiary/aromatic N) is 2. The van der Waals surface area contributed by atoms with Crippen LogP contribution in [0.3, 0.4) is 0 Å². The maximum absolute atomic E-state index is 13.6. The lowest BCUT2D eigenvalue weighted by Gasteiger charge is -2.25. The number of hydrogen-bond donors (Lipinski definition) is 1. The molecule has 1 aromatic carbocycles. The van der Waals surface area contributed by atoms with Crippen LogP contribution in [0, 0.1) is 19.5 Å². The summed E-state index contributed by atoms with van der Waals surface area (Å²) in [4.78, 5) is 12.4. The van der Waals surface area contributed by atoms with Crippen LogP contribution in [0.1, 0.15) is 12.8 Å². The summed E-state index contributed by atoms with van der Waals surface area (Å²) in [6, 6.07) is 2.58. The molecule has 1 aliphatic heterocycles. The van der Waals surface area contributed by atoms with Crippen LogP contribution in [0.25, 0.3) is 0 Å². The molecular formula is C11H13FIN3O2. The standard InChI is InChI=1S/C11H13FIN3O2/c12-8-4-10(11(16(17)18)5-9(8)13)15-3-1-2-7(15)6-14/h4-5,7H,1-3,6,14H2. The maximum atomic E-state index is 13.6. The molecule has 0 spiro atoms. The highest BCUT2D eigenvalue weighted by Gasteiger charge is 2.30. The van der Waals surface area contributed by atoms with Gasteiger partial charge in [-0.25, -0.2) is 4.39 Å². The first-order valence-corrected chi connectivity index (χ1v) is 6.72. The number of halogens is 2. The van der Waals surface area contributed by atoms with E-state index >= 15 is 0 Å². The largest absolute Gasteiger partial charge is 0.362 e. The molecule has 0 radical (unpaired) electrons. The minimum absolute atomic E-state index is 0.0545. The summed E-state index contributed by atoms with van der Waals surface area (Å²) < 4.78 is 13.9. The van der Waals surface area contributed by atoms with Crippen LogP contribution >= 0.6 is 22.6 Å². The van der Waals surface area contributed by atoms with Crippen molar-refractivity contribution in [2.45, 2.75) is 18.9 Å². The summed E-state index contributed by atoms with van der Waals surface area (Å²) in [6.45, 7) is 1.10. The minimum atomic E-state index is -0.469. The average Bonchev–Trinajstić information content (AvgIpc) is 2.79. The van der Waals surface area contributed by atoms with Gasteiger partial charge in [0.1, 0.15) is 11.5 Å². The molecule has 5 nitrogen and oxygen atoms in total. The molecule has 1 atom stereocenters. The first-order chi connectivity index (χ1) is 8.54. The second kappa shape index (κ2) is 5.35. The Bertz CT molecular complexity index is 484. The van der Waals surface area contributed by atoms with Crippen molar-refractivity contribution in [3.8, 4) is 0 Å². The number of benzene rings is 1. The van der Waals surface area contributed by atoms with Gasteiger partial charge in [-0.1, -0.05) is 0 Å². The Morgan fingerprint density at radius 1 is 1.61 bits per heavy atom. The van der Waals surface area contributed by atoms with Crippen molar-refractivity contribution in [2.75, 3.05) is 18.0 Å². The van der Waals surface area contributed by atoms with Gasteiger partial charge in [0.15, 0.2) is 0 Å². The Balaban J connectivity index is 2.48. The molecule has 2 N–H and O–H groups in total. The van der Waals surface area contributed by atoms with Gasteiger partial charge in [-0.05, 0) is 35.4 Å². The SMILES string of the molecule is NCC1CCCN1c1cc(F)c(I)cc1[N+](=O)[O-]. The Labute approximate surface area is 117 Å². The summed E-state index contributed by atoms with van der Waals surface area (Å²) in [7, 11) is 0. The minimum Gasteiger partial charge on any atom is -0.362 e. The Hall–Kier alpha value is -0.960. The second-order valence-electron chi connectivity index (χ2n) is 4.24. The Morgan fingerprint density at radius 3 is 2.94 bits per heavy atom. The number of nitro benzene ring substituents is 1. The lowest BCUT2D eigenvalue weighted by atomic mass is 10.2.